The Morgan fingerprint density at radius 2 is 1.85 bits per heavy atom. The molecule has 0 radical (unpaired) electrons. The molecule has 1 aromatic carbocycles. The molecule has 1 unspecified atom stereocenters. The molecule has 0 aliphatic rings. The molecule has 4 rings (SSSR count). The second-order valence-electron chi connectivity index (χ2n) is 7.71. The number of nitrogens with one attached hydrogen (secondary N) is 1. The highest BCUT2D eigenvalue weighted by molar-refractivity contribution is 7.99. The van der Waals surface area contributed by atoms with Crippen molar-refractivity contribution in [2.45, 2.75) is 32.0 Å². The minimum absolute atomic E-state index is 0.0115. The van der Waals surface area contributed by atoms with E-state index in [-0.39, 0.29) is 17.7 Å². The molecule has 0 fully saturated rings. The summed E-state index contributed by atoms with van der Waals surface area (Å²) in [7, 11) is 0. The summed E-state index contributed by atoms with van der Waals surface area (Å²) in [5, 5.41) is 12.5. The second kappa shape index (κ2) is 11.2. The Balaban J connectivity index is 1.48. The molecule has 0 bridgehead atoms. The van der Waals surface area contributed by atoms with Gasteiger partial charge in [-0.15, -0.1) is 10.2 Å². The first-order chi connectivity index (χ1) is 16.6. The summed E-state index contributed by atoms with van der Waals surface area (Å²) in [5.74, 6) is 2.44. The van der Waals surface area contributed by atoms with Crippen LogP contribution in [0.15, 0.2) is 75.0 Å². The highest BCUT2D eigenvalue weighted by Gasteiger charge is 2.22. The maximum Gasteiger partial charge on any atom is 0.230 e. The third kappa shape index (κ3) is 5.26. The minimum atomic E-state index is -0.0719. The number of thioether (sulfide) groups is 1. The second-order valence-corrected chi connectivity index (χ2v) is 8.66. The lowest BCUT2D eigenvalue weighted by molar-refractivity contribution is -0.118. The fraction of sp³-hybridized carbons (Fsp3) is 0.320. The number of nitrogens with zero attached hydrogens (tertiary/aromatic N) is 4. The van der Waals surface area contributed by atoms with E-state index in [1.807, 2.05) is 60.0 Å². The van der Waals surface area contributed by atoms with Gasteiger partial charge in [-0.25, -0.2) is 0 Å². The number of carbonyl (C=O) groups excluding carboxylic acids is 1. The number of aryl methyl sites for hydroxylation is 1. The number of benzene rings is 1. The minimum Gasteiger partial charge on any atom is -0.469 e. The molecule has 3 aromatic heterocycles. The first kappa shape index (κ1) is 23.8. The van der Waals surface area contributed by atoms with Crippen molar-refractivity contribution in [3.63, 3.8) is 0 Å². The Bertz CT molecular complexity index is 1180. The maximum absolute atomic E-state index is 12.8. The molecule has 1 atom stereocenters. The van der Waals surface area contributed by atoms with Gasteiger partial charge in [-0.3, -0.25) is 14.3 Å². The molecule has 0 saturated heterocycles. The van der Waals surface area contributed by atoms with Gasteiger partial charge in [-0.2, -0.15) is 0 Å². The van der Waals surface area contributed by atoms with Crippen LogP contribution in [0.5, 0.6) is 0 Å². The normalized spacial score (nSPS) is 12.2. The number of amides is 1. The standard InChI is InChI=1S/C25H29N5O3S/c1-4-29(5-2)21(22-12-9-14-33-22)16-26-23(31)17-34-25-28-27-24(20-13-15-32-18(20)3)30(25)19-10-7-6-8-11-19/h6-15,21H,4-5,16-17H2,1-3H3,(H,26,31). The van der Waals surface area contributed by atoms with Gasteiger partial charge in [0.25, 0.3) is 0 Å². The molecule has 0 saturated carbocycles. The van der Waals surface area contributed by atoms with Gasteiger partial charge in [0.05, 0.1) is 29.9 Å². The smallest absolute Gasteiger partial charge is 0.230 e. The summed E-state index contributed by atoms with van der Waals surface area (Å²) < 4.78 is 13.1. The van der Waals surface area contributed by atoms with Crippen LogP contribution in [0.2, 0.25) is 0 Å². The lowest BCUT2D eigenvalue weighted by atomic mass is 10.2. The Labute approximate surface area is 203 Å². The van der Waals surface area contributed by atoms with E-state index in [1.54, 1.807) is 12.5 Å². The molecule has 0 spiro atoms. The van der Waals surface area contributed by atoms with Crippen molar-refractivity contribution >= 4 is 17.7 Å². The third-order valence-electron chi connectivity index (χ3n) is 5.70. The molecule has 1 amide bonds. The molecule has 34 heavy (non-hydrogen) atoms. The van der Waals surface area contributed by atoms with Crippen molar-refractivity contribution in [2.75, 3.05) is 25.4 Å². The van der Waals surface area contributed by atoms with E-state index in [2.05, 4.69) is 34.3 Å². The van der Waals surface area contributed by atoms with Crippen LogP contribution in [-0.4, -0.2) is 51.0 Å². The van der Waals surface area contributed by atoms with Crippen molar-refractivity contribution in [3.05, 3.63) is 72.6 Å². The first-order valence-corrected chi connectivity index (χ1v) is 12.3. The van der Waals surface area contributed by atoms with Crippen LogP contribution in [0.1, 0.15) is 31.4 Å². The Morgan fingerprint density at radius 1 is 1.06 bits per heavy atom. The number of rotatable bonds is 11. The molecule has 178 valence electrons. The first-order valence-electron chi connectivity index (χ1n) is 11.3. The van der Waals surface area contributed by atoms with Gasteiger partial charge in [0.2, 0.25) is 5.91 Å². The number of hydrogen-bond donors (Lipinski definition) is 1. The van der Waals surface area contributed by atoms with Crippen LogP contribution < -0.4 is 5.32 Å². The van der Waals surface area contributed by atoms with E-state index in [0.29, 0.717) is 17.5 Å². The van der Waals surface area contributed by atoms with E-state index in [0.717, 1.165) is 35.9 Å². The Kier molecular flexibility index (Phi) is 7.87. The lowest BCUT2D eigenvalue weighted by Crippen LogP contribution is -2.38. The van der Waals surface area contributed by atoms with Gasteiger partial charge >= 0.3 is 0 Å². The van der Waals surface area contributed by atoms with Crippen LogP contribution in [-0.2, 0) is 4.79 Å². The zero-order chi connectivity index (χ0) is 23.9. The predicted molar refractivity (Wildman–Crippen MR) is 132 cm³/mol. The number of para-hydroxylation sites is 1. The maximum atomic E-state index is 12.8. The van der Waals surface area contributed by atoms with Crippen molar-refractivity contribution in [1.82, 2.24) is 25.0 Å². The fourth-order valence-electron chi connectivity index (χ4n) is 3.91. The zero-order valence-electron chi connectivity index (χ0n) is 19.6. The molecular formula is C25H29N5O3S. The van der Waals surface area contributed by atoms with Gasteiger partial charge in [0.1, 0.15) is 11.5 Å². The lowest BCUT2D eigenvalue weighted by Gasteiger charge is -2.28. The average Bonchev–Trinajstić information content (AvgIpc) is 3.62. The van der Waals surface area contributed by atoms with Gasteiger partial charge in [-0.1, -0.05) is 43.8 Å². The van der Waals surface area contributed by atoms with Crippen LogP contribution in [0, 0.1) is 6.92 Å². The summed E-state index contributed by atoms with van der Waals surface area (Å²) in [5.41, 5.74) is 1.79. The molecule has 0 aliphatic carbocycles. The number of aromatic nitrogens is 3. The molecule has 8 nitrogen and oxygen atoms in total. The van der Waals surface area contributed by atoms with Crippen molar-refractivity contribution in [3.8, 4) is 17.1 Å². The molecule has 9 heteroatoms. The number of furan rings is 2. The topological polar surface area (TPSA) is 89.3 Å². The van der Waals surface area contributed by atoms with Gasteiger partial charge < -0.3 is 14.2 Å². The molecule has 1 N–H and O–H groups in total. The summed E-state index contributed by atoms with van der Waals surface area (Å²) in [4.78, 5) is 15.0. The third-order valence-corrected chi connectivity index (χ3v) is 6.63. The van der Waals surface area contributed by atoms with E-state index < -0.39 is 0 Å². The highest BCUT2D eigenvalue weighted by Crippen LogP contribution is 2.30. The summed E-state index contributed by atoms with van der Waals surface area (Å²) in [6.07, 6.45) is 3.31. The summed E-state index contributed by atoms with van der Waals surface area (Å²) in [6.45, 7) is 8.30. The zero-order valence-corrected chi connectivity index (χ0v) is 20.4. The molecule has 4 aromatic rings. The average molecular weight is 480 g/mol. The number of likely N-dealkylation sites (N-methyl/N-ethyl adjacent to an activating group) is 1. The molecule has 0 aliphatic heterocycles. The quantitative estimate of drug-likeness (QED) is 0.311. The fourth-order valence-corrected chi connectivity index (χ4v) is 4.69. The number of carbonyl (C=O) groups is 1. The predicted octanol–water partition coefficient (Wildman–Crippen LogP) is 4.72. The van der Waals surface area contributed by atoms with E-state index in [1.165, 1.54) is 11.8 Å². The highest BCUT2D eigenvalue weighted by atomic mass is 32.2. The van der Waals surface area contributed by atoms with Crippen LogP contribution in [0.25, 0.3) is 17.1 Å². The monoisotopic (exact) mass is 479 g/mol. The van der Waals surface area contributed by atoms with Gasteiger partial charge in [0, 0.05) is 12.2 Å². The van der Waals surface area contributed by atoms with E-state index >= 15 is 0 Å². The van der Waals surface area contributed by atoms with Crippen LogP contribution >= 0.6 is 11.8 Å². The summed E-state index contributed by atoms with van der Waals surface area (Å²) in [6, 6.07) is 15.6. The van der Waals surface area contributed by atoms with Gasteiger partial charge in [-0.05, 0) is 50.3 Å². The van der Waals surface area contributed by atoms with Crippen LogP contribution in [0.4, 0.5) is 0 Å². The van der Waals surface area contributed by atoms with E-state index in [4.69, 9.17) is 8.83 Å². The SMILES string of the molecule is CCN(CC)C(CNC(=O)CSc1nnc(-c2ccoc2C)n1-c1ccccc1)c1ccco1. The Hall–Kier alpha value is -3.30. The summed E-state index contributed by atoms with van der Waals surface area (Å²) >= 11 is 1.35. The van der Waals surface area contributed by atoms with E-state index in [9.17, 15) is 4.79 Å². The van der Waals surface area contributed by atoms with Crippen LogP contribution in [0.3, 0.4) is 0 Å². The van der Waals surface area contributed by atoms with Gasteiger partial charge in [0.15, 0.2) is 11.0 Å². The van der Waals surface area contributed by atoms with Crippen molar-refractivity contribution in [2.24, 2.45) is 0 Å². The number of hydrogen-bond acceptors (Lipinski definition) is 7. The molecular weight excluding hydrogens is 450 g/mol. The van der Waals surface area contributed by atoms with Crippen molar-refractivity contribution in [1.29, 1.82) is 0 Å². The van der Waals surface area contributed by atoms with Crippen molar-refractivity contribution < 1.29 is 13.6 Å². The molecule has 3 heterocycles. The Morgan fingerprint density at radius 3 is 2.50 bits per heavy atom. The largest absolute Gasteiger partial charge is 0.469 e.